The normalized spacial score (nSPS) is 21.1. The van der Waals surface area contributed by atoms with Crippen LogP contribution in [0.15, 0.2) is 18.2 Å². The Morgan fingerprint density at radius 2 is 2.29 bits per heavy atom. The van der Waals surface area contributed by atoms with Crippen LogP contribution in [-0.2, 0) is 4.74 Å². The van der Waals surface area contributed by atoms with Crippen molar-refractivity contribution < 1.29 is 9.47 Å². The van der Waals surface area contributed by atoms with Crippen molar-refractivity contribution in [2.24, 2.45) is 0 Å². The summed E-state index contributed by atoms with van der Waals surface area (Å²) in [5.41, 5.74) is 1.21. The third kappa shape index (κ3) is 2.02. The van der Waals surface area contributed by atoms with Gasteiger partial charge in [0.15, 0.2) is 0 Å². The topological polar surface area (TPSA) is 18.5 Å². The van der Waals surface area contributed by atoms with Crippen LogP contribution >= 0.6 is 11.6 Å². The Bertz CT molecular complexity index is 319. The Balaban J connectivity index is 2.27. The fourth-order valence-corrected chi connectivity index (χ4v) is 1.97. The van der Waals surface area contributed by atoms with Crippen LogP contribution in [0.2, 0.25) is 5.02 Å². The van der Waals surface area contributed by atoms with Crippen molar-refractivity contribution in [3.05, 3.63) is 28.8 Å². The lowest BCUT2D eigenvalue weighted by Gasteiger charge is -2.10. The number of methoxy groups -OCH3 is 1. The summed E-state index contributed by atoms with van der Waals surface area (Å²) in [6.07, 6.45) is 1.07. The molecule has 0 aromatic heterocycles. The Kier molecular flexibility index (Phi) is 2.94. The number of hydrogen-bond acceptors (Lipinski definition) is 2. The Hall–Kier alpha value is -0.730. The van der Waals surface area contributed by atoms with E-state index in [2.05, 4.69) is 0 Å². The molecule has 2 rings (SSSR count). The van der Waals surface area contributed by atoms with Crippen LogP contribution in [0.4, 0.5) is 0 Å². The summed E-state index contributed by atoms with van der Waals surface area (Å²) in [5, 5.41) is 0.728. The zero-order valence-electron chi connectivity index (χ0n) is 8.13. The number of benzene rings is 1. The molecule has 0 radical (unpaired) electrons. The minimum absolute atomic E-state index is 0.475. The monoisotopic (exact) mass is 212 g/mol. The van der Waals surface area contributed by atoms with Crippen molar-refractivity contribution in [3.63, 3.8) is 0 Å². The third-order valence-electron chi connectivity index (χ3n) is 2.53. The van der Waals surface area contributed by atoms with Gasteiger partial charge in [-0.25, -0.2) is 0 Å². The maximum Gasteiger partial charge on any atom is 0.120 e. The molecule has 14 heavy (non-hydrogen) atoms. The van der Waals surface area contributed by atoms with Crippen LogP contribution in [0, 0.1) is 0 Å². The maximum absolute atomic E-state index is 5.99. The van der Waals surface area contributed by atoms with E-state index in [1.807, 2.05) is 18.2 Å². The fraction of sp³-hybridized carbons (Fsp3) is 0.455. The highest BCUT2D eigenvalue weighted by Crippen LogP contribution is 2.30. The predicted octanol–water partition coefficient (Wildman–Crippen LogP) is 2.85. The zero-order chi connectivity index (χ0) is 9.97. The predicted molar refractivity (Wildman–Crippen MR) is 56.2 cm³/mol. The second kappa shape index (κ2) is 4.20. The molecule has 76 valence electrons. The molecule has 1 aliphatic heterocycles. The molecular weight excluding hydrogens is 200 g/mol. The molecule has 1 atom stereocenters. The van der Waals surface area contributed by atoms with Gasteiger partial charge in [0.25, 0.3) is 0 Å². The first-order valence-corrected chi connectivity index (χ1v) is 5.09. The van der Waals surface area contributed by atoms with E-state index < -0.39 is 0 Å². The standard InChI is InChI=1S/C11H13ClO2/c1-13-11-5-9(4-10(12)6-11)8-2-3-14-7-8/h4-6,8H,2-3,7H2,1H3. The highest BCUT2D eigenvalue weighted by atomic mass is 35.5. The van der Waals surface area contributed by atoms with Gasteiger partial charge in [-0.15, -0.1) is 0 Å². The van der Waals surface area contributed by atoms with Gasteiger partial charge in [0.2, 0.25) is 0 Å². The molecule has 0 aliphatic carbocycles. The number of rotatable bonds is 2. The van der Waals surface area contributed by atoms with E-state index in [1.54, 1.807) is 7.11 Å². The van der Waals surface area contributed by atoms with E-state index in [9.17, 15) is 0 Å². The first kappa shape index (κ1) is 9.81. The Morgan fingerprint density at radius 3 is 2.93 bits per heavy atom. The highest BCUT2D eigenvalue weighted by molar-refractivity contribution is 6.30. The van der Waals surface area contributed by atoms with Crippen LogP contribution in [0.1, 0.15) is 17.9 Å². The molecule has 1 aromatic carbocycles. The van der Waals surface area contributed by atoms with E-state index in [0.29, 0.717) is 5.92 Å². The summed E-state index contributed by atoms with van der Waals surface area (Å²) in [6.45, 7) is 1.64. The van der Waals surface area contributed by atoms with Gasteiger partial charge < -0.3 is 9.47 Å². The lowest BCUT2D eigenvalue weighted by Crippen LogP contribution is -1.98. The van der Waals surface area contributed by atoms with Crippen LogP contribution in [0.3, 0.4) is 0 Å². The van der Waals surface area contributed by atoms with Crippen molar-refractivity contribution in [2.45, 2.75) is 12.3 Å². The van der Waals surface area contributed by atoms with Crippen LogP contribution in [0.25, 0.3) is 0 Å². The summed E-state index contributed by atoms with van der Waals surface area (Å²) in [6, 6.07) is 5.84. The van der Waals surface area contributed by atoms with E-state index >= 15 is 0 Å². The maximum atomic E-state index is 5.99. The second-order valence-electron chi connectivity index (χ2n) is 3.48. The van der Waals surface area contributed by atoms with Crippen LogP contribution in [-0.4, -0.2) is 20.3 Å². The number of halogens is 1. The molecule has 1 fully saturated rings. The van der Waals surface area contributed by atoms with Gasteiger partial charge in [0, 0.05) is 17.5 Å². The SMILES string of the molecule is COc1cc(Cl)cc(C2CCOC2)c1. The van der Waals surface area contributed by atoms with Gasteiger partial charge in [0.1, 0.15) is 5.75 Å². The minimum Gasteiger partial charge on any atom is -0.497 e. The molecule has 1 saturated heterocycles. The summed E-state index contributed by atoms with van der Waals surface area (Å²) in [7, 11) is 1.65. The van der Waals surface area contributed by atoms with Crippen LogP contribution in [0.5, 0.6) is 5.75 Å². The molecule has 0 saturated carbocycles. The summed E-state index contributed by atoms with van der Waals surface area (Å²) >= 11 is 5.99. The van der Waals surface area contributed by atoms with E-state index in [4.69, 9.17) is 21.1 Å². The van der Waals surface area contributed by atoms with Gasteiger partial charge >= 0.3 is 0 Å². The van der Waals surface area contributed by atoms with Crippen molar-refractivity contribution in [1.82, 2.24) is 0 Å². The quantitative estimate of drug-likeness (QED) is 0.751. The smallest absolute Gasteiger partial charge is 0.120 e. The number of ether oxygens (including phenoxy) is 2. The van der Waals surface area contributed by atoms with Gasteiger partial charge in [-0.05, 0) is 30.2 Å². The fourth-order valence-electron chi connectivity index (χ4n) is 1.74. The van der Waals surface area contributed by atoms with Gasteiger partial charge in [-0.3, -0.25) is 0 Å². The number of hydrogen-bond donors (Lipinski definition) is 0. The molecule has 1 aliphatic rings. The molecule has 2 nitrogen and oxygen atoms in total. The lowest BCUT2D eigenvalue weighted by atomic mass is 9.98. The highest BCUT2D eigenvalue weighted by Gasteiger charge is 2.18. The first-order valence-electron chi connectivity index (χ1n) is 4.72. The molecule has 0 N–H and O–H groups in total. The van der Waals surface area contributed by atoms with E-state index in [1.165, 1.54) is 5.56 Å². The van der Waals surface area contributed by atoms with Crippen molar-refractivity contribution >= 4 is 11.6 Å². The van der Waals surface area contributed by atoms with Crippen molar-refractivity contribution in [2.75, 3.05) is 20.3 Å². The van der Waals surface area contributed by atoms with Gasteiger partial charge in [-0.1, -0.05) is 11.6 Å². The lowest BCUT2D eigenvalue weighted by molar-refractivity contribution is 0.194. The molecule has 0 spiro atoms. The van der Waals surface area contributed by atoms with E-state index in [-0.39, 0.29) is 0 Å². The summed E-state index contributed by atoms with van der Waals surface area (Å²) in [5.74, 6) is 1.29. The molecule has 0 amide bonds. The molecule has 1 aromatic rings. The minimum atomic E-state index is 0.475. The van der Waals surface area contributed by atoms with Gasteiger partial charge in [0.05, 0.1) is 13.7 Å². The summed E-state index contributed by atoms with van der Waals surface area (Å²) in [4.78, 5) is 0. The molecular formula is C11H13ClO2. The first-order chi connectivity index (χ1) is 6.79. The molecule has 3 heteroatoms. The average molecular weight is 213 g/mol. The largest absolute Gasteiger partial charge is 0.497 e. The Labute approximate surface area is 88.8 Å². The summed E-state index contributed by atoms with van der Waals surface area (Å²) < 4.78 is 10.5. The van der Waals surface area contributed by atoms with Gasteiger partial charge in [-0.2, -0.15) is 0 Å². The van der Waals surface area contributed by atoms with Crippen LogP contribution < -0.4 is 4.74 Å². The third-order valence-corrected chi connectivity index (χ3v) is 2.75. The Morgan fingerprint density at radius 1 is 1.43 bits per heavy atom. The zero-order valence-corrected chi connectivity index (χ0v) is 8.88. The molecule has 1 heterocycles. The molecule has 0 bridgehead atoms. The second-order valence-corrected chi connectivity index (χ2v) is 3.92. The van der Waals surface area contributed by atoms with Crippen molar-refractivity contribution in [1.29, 1.82) is 0 Å². The molecule has 1 unspecified atom stereocenters. The van der Waals surface area contributed by atoms with Crippen molar-refractivity contribution in [3.8, 4) is 5.75 Å². The van der Waals surface area contributed by atoms with E-state index in [0.717, 1.165) is 30.4 Å². The average Bonchev–Trinajstić information content (AvgIpc) is 2.69.